The summed E-state index contributed by atoms with van der Waals surface area (Å²) in [5.41, 5.74) is 7.69. The van der Waals surface area contributed by atoms with E-state index in [4.69, 9.17) is 10.5 Å². The molecule has 3 rings (SSSR count). The summed E-state index contributed by atoms with van der Waals surface area (Å²) in [6, 6.07) is 12.9. The number of rotatable bonds is 5. The van der Waals surface area contributed by atoms with Gasteiger partial charge in [-0.3, -0.25) is 4.79 Å². The van der Waals surface area contributed by atoms with Crippen molar-refractivity contribution in [3.63, 3.8) is 0 Å². The van der Waals surface area contributed by atoms with Gasteiger partial charge in [-0.25, -0.2) is 4.98 Å². The maximum absolute atomic E-state index is 12.2. The molecule has 6 heteroatoms. The van der Waals surface area contributed by atoms with Gasteiger partial charge in [0.2, 0.25) is 5.91 Å². The molecule has 1 atom stereocenters. The van der Waals surface area contributed by atoms with Gasteiger partial charge in [0.15, 0.2) is 0 Å². The first-order valence-corrected chi connectivity index (χ1v) is 8.11. The van der Waals surface area contributed by atoms with Gasteiger partial charge >= 0.3 is 0 Å². The van der Waals surface area contributed by atoms with Crippen molar-refractivity contribution in [3.8, 4) is 0 Å². The molecule has 2 aromatic rings. The quantitative estimate of drug-likeness (QED) is 0.869. The maximum Gasteiger partial charge on any atom is 0.241 e. The van der Waals surface area contributed by atoms with Gasteiger partial charge in [-0.2, -0.15) is 0 Å². The SMILES string of the molecule is NC(Cc1ccccc1)C(=O)Nc1ccc(N2CCOCC2)nc1. The lowest BCUT2D eigenvalue weighted by molar-refractivity contribution is -0.117. The van der Waals surface area contributed by atoms with Crippen LogP contribution in [-0.2, 0) is 16.0 Å². The Kier molecular flexibility index (Phi) is 5.40. The van der Waals surface area contributed by atoms with Gasteiger partial charge in [-0.05, 0) is 24.1 Å². The highest BCUT2D eigenvalue weighted by atomic mass is 16.5. The third-order valence-corrected chi connectivity index (χ3v) is 3.99. The third kappa shape index (κ3) is 4.31. The summed E-state index contributed by atoms with van der Waals surface area (Å²) in [7, 11) is 0. The number of ether oxygens (including phenoxy) is 1. The second kappa shape index (κ2) is 7.90. The number of carbonyl (C=O) groups is 1. The zero-order valence-electron chi connectivity index (χ0n) is 13.5. The summed E-state index contributed by atoms with van der Waals surface area (Å²) in [6.07, 6.45) is 2.17. The predicted octanol–water partition coefficient (Wildman–Crippen LogP) is 1.43. The highest BCUT2D eigenvalue weighted by Crippen LogP contribution is 2.15. The molecule has 126 valence electrons. The van der Waals surface area contributed by atoms with Crippen LogP contribution >= 0.6 is 0 Å². The van der Waals surface area contributed by atoms with Crippen molar-refractivity contribution in [2.75, 3.05) is 36.5 Å². The number of hydrogen-bond acceptors (Lipinski definition) is 5. The summed E-state index contributed by atoms with van der Waals surface area (Å²) >= 11 is 0. The Hall–Kier alpha value is -2.44. The van der Waals surface area contributed by atoms with Crippen LogP contribution in [0.4, 0.5) is 11.5 Å². The van der Waals surface area contributed by atoms with Crippen LogP contribution in [0.2, 0.25) is 0 Å². The minimum atomic E-state index is -0.591. The topological polar surface area (TPSA) is 80.5 Å². The molecule has 0 saturated carbocycles. The van der Waals surface area contributed by atoms with Crippen molar-refractivity contribution in [2.45, 2.75) is 12.5 Å². The molecule has 1 unspecified atom stereocenters. The van der Waals surface area contributed by atoms with Crippen molar-refractivity contribution in [3.05, 3.63) is 54.2 Å². The van der Waals surface area contributed by atoms with E-state index < -0.39 is 6.04 Å². The van der Waals surface area contributed by atoms with Crippen LogP contribution in [0.3, 0.4) is 0 Å². The Bertz CT molecular complexity index is 654. The number of anilines is 2. The Morgan fingerprint density at radius 1 is 1.21 bits per heavy atom. The van der Waals surface area contributed by atoms with E-state index in [0.717, 1.165) is 24.5 Å². The molecule has 0 aliphatic carbocycles. The van der Waals surface area contributed by atoms with E-state index >= 15 is 0 Å². The van der Waals surface area contributed by atoms with Crippen molar-refractivity contribution >= 4 is 17.4 Å². The number of nitrogens with two attached hydrogens (primary N) is 1. The van der Waals surface area contributed by atoms with Gasteiger partial charge in [0.1, 0.15) is 5.82 Å². The monoisotopic (exact) mass is 326 g/mol. The number of nitrogens with zero attached hydrogens (tertiary/aromatic N) is 2. The molecule has 1 amide bonds. The Labute approximate surface area is 141 Å². The lowest BCUT2D eigenvalue weighted by atomic mass is 10.1. The van der Waals surface area contributed by atoms with Crippen LogP contribution < -0.4 is 16.0 Å². The third-order valence-electron chi connectivity index (χ3n) is 3.99. The Morgan fingerprint density at radius 2 is 1.96 bits per heavy atom. The smallest absolute Gasteiger partial charge is 0.241 e. The first-order valence-electron chi connectivity index (χ1n) is 8.11. The normalized spacial score (nSPS) is 15.8. The molecule has 2 heterocycles. The second-order valence-corrected chi connectivity index (χ2v) is 5.79. The van der Waals surface area contributed by atoms with Crippen molar-refractivity contribution < 1.29 is 9.53 Å². The van der Waals surface area contributed by atoms with Crippen LogP contribution in [0.5, 0.6) is 0 Å². The average molecular weight is 326 g/mol. The molecule has 1 aromatic heterocycles. The molecule has 3 N–H and O–H groups in total. The zero-order chi connectivity index (χ0) is 16.8. The molecule has 1 aliphatic rings. The van der Waals surface area contributed by atoms with Crippen LogP contribution in [0.1, 0.15) is 5.56 Å². The van der Waals surface area contributed by atoms with E-state index in [9.17, 15) is 4.79 Å². The predicted molar refractivity (Wildman–Crippen MR) is 94.0 cm³/mol. The fourth-order valence-corrected chi connectivity index (χ4v) is 2.64. The summed E-state index contributed by atoms with van der Waals surface area (Å²) in [5.74, 6) is 0.685. The van der Waals surface area contributed by atoms with Gasteiger partial charge in [0.05, 0.1) is 31.1 Å². The number of benzene rings is 1. The molecular formula is C18H22N4O2. The highest BCUT2D eigenvalue weighted by Gasteiger charge is 2.15. The van der Waals surface area contributed by atoms with E-state index in [0.29, 0.717) is 25.3 Å². The lowest BCUT2D eigenvalue weighted by Crippen LogP contribution is -2.37. The van der Waals surface area contributed by atoms with E-state index in [2.05, 4.69) is 15.2 Å². The Morgan fingerprint density at radius 3 is 2.62 bits per heavy atom. The van der Waals surface area contributed by atoms with Crippen molar-refractivity contribution in [2.24, 2.45) is 5.73 Å². The van der Waals surface area contributed by atoms with Crippen LogP contribution in [0.15, 0.2) is 48.7 Å². The summed E-state index contributed by atoms with van der Waals surface area (Å²) < 4.78 is 5.33. The van der Waals surface area contributed by atoms with Gasteiger partial charge in [-0.15, -0.1) is 0 Å². The van der Waals surface area contributed by atoms with Crippen molar-refractivity contribution in [1.29, 1.82) is 0 Å². The number of hydrogen-bond donors (Lipinski definition) is 2. The minimum Gasteiger partial charge on any atom is -0.378 e. The van der Waals surface area contributed by atoms with Gasteiger partial charge in [0, 0.05) is 13.1 Å². The summed E-state index contributed by atoms with van der Waals surface area (Å²) in [5, 5.41) is 2.82. The van der Waals surface area contributed by atoms with E-state index in [1.165, 1.54) is 0 Å². The molecule has 6 nitrogen and oxygen atoms in total. The lowest BCUT2D eigenvalue weighted by Gasteiger charge is -2.27. The molecule has 1 aromatic carbocycles. The first-order chi connectivity index (χ1) is 11.7. The zero-order valence-corrected chi connectivity index (χ0v) is 13.5. The number of morpholine rings is 1. The molecule has 0 spiro atoms. The first kappa shape index (κ1) is 16.4. The van der Waals surface area contributed by atoms with Crippen molar-refractivity contribution in [1.82, 2.24) is 4.98 Å². The van der Waals surface area contributed by atoms with E-state index in [1.54, 1.807) is 6.20 Å². The van der Waals surface area contributed by atoms with Gasteiger partial charge in [0.25, 0.3) is 0 Å². The molecule has 0 bridgehead atoms. The fraction of sp³-hybridized carbons (Fsp3) is 0.333. The second-order valence-electron chi connectivity index (χ2n) is 5.79. The molecule has 1 fully saturated rings. The maximum atomic E-state index is 12.2. The van der Waals surface area contributed by atoms with E-state index in [-0.39, 0.29) is 5.91 Å². The summed E-state index contributed by atoms with van der Waals surface area (Å²) in [6.45, 7) is 3.10. The largest absolute Gasteiger partial charge is 0.378 e. The number of carbonyl (C=O) groups excluding carboxylic acids is 1. The fourth-order valence-electron chi connectivity index (χ4n) is 2.64. The molecule has 24 heavy (non-hydrogen) atoms. The number of nitrogens with one attached hydrogen (secondary N) is 1. The summed E-state index contributed by atoms with van der Waals surface area (Å²) in [4.78, 5) is 18.8. The van der Waals surface area contributed by atoms with Crippen LogP contribution in [0, 0.1) is 0 Å². The standard InChI is InChI=1S/C18H22N4O2/c19-16(12-14-4-2-1-3-5-14)18(23)21-15-6-7-17(20-13-15)22-8-10-24-11-9-22/h1-7,13,16H,8-12,19H2,(H,21,23). The molecule has 1 aliphatic heterocycles. The Balaban J connectivity index is 1.55. The average Bonchev–Trinajstić information content (AvgIpc) is 2.64. The van der Waals surface area contributed by atoms with Crippen LogP contribution in [0.25, 0.3) is 0 Å². The van der Waals surface area contributed by atoms with E-state index in [1.807, 2.05) is 42.5 Å². The van der Waals surface area contributed by atoms with Crippen LogP contribution in [-0.4, -0.2) is 43.2 Å². The van der Waals surface area contributed by atoms with Gasteiger partial charge in [-0.1, -0.05) is 30.3 Å². The molecule has 0 radical (unpaired) electrons. The number of amides is 1. The molecular weight excluding hydrogens is 304 g/mol. The number of aromatic nitrogens is 1. The molecule has 1 saturated heterocycles. The highest BCUT2D eigenvalue weighted by molar-refractivity contribution is 5.94. The number of pyridine rings is 1. The van der Waals surface area contributed by atoms with Gasteiger partial charge < -0.3 is 20.7 Å². The minimum absolute atomic E-state index is 0.209.